The van der Waals surface area contributed by atoms with Crippen molar-refractivity contribution in [2.24, 2.45) is 0 Å². The molecule has 5 heteroatoms. The van der Waals surface area contributed by atoms with Crippen LogP contribution in [0.4, 0.5) is 0 Å². The van der Waals surface area contributed by atoms with Gasteiger partial charge in [0.2, 0.25) is 12.7 Å². The number of carbonyl (C=O) groups is 1. The van der Waals surface area contributed by atoms with E-state index in [1.807, 2.05) is 60.7 Å². The van der Waals surface area contributed by atoms with Crippen LogP contribution in [0.25, 0.3) is 0 Å². The first-order chi connectivity index (χ1) is 14.6. The molecular weight excluding hydrogens is 376 g/mol. The summed E-state index contributed by atoms with van der Waals surface area (Å²) in [7, 11) is 0. The zero-order valence-corrected chi connectivity index (χ0v) is 17.2. The van der Waals surface area contributed by atoms with Crippen LogP contribution in [0.1, 0.15) is 41.3 Å². The smallest absolute Gasteiger partial charge is 0.242 e. The number of fused-ring (bicyclic) bond motifs is 1. The number of benzene rings is 3. The first-order valence-electron chi connectivity index (χ1n) is 10.1. The van der Waals surface area contributed by atoms with Crippen LogP contribution in [0, 0.1) is 6.92 Å². The Kier molecular flexibility index (Phi) is 6.00. The molecule has 154 valence electrons. The summed E-state index contributed by atoms with van der Waals surface area (Å²) in [6.07, 6.45) is 0. The van der Waals surface area contributed by atoms with Gasteiger partial charge in [0.15, 0.2) is 11.5 Å². The molecule has 3 aromatic rings. The number of nitrogens with one attached hydrogen (secondary N) is 2. The van der Waals surface area contributed by atoms with Gasteiger partial charge < -0.3 is 14.8 Å². The van der Waals surface area contributed by atoms with Crippen molar-refractivity contribution in [1.82, 2.24) is 10.6 Å². The third-order valence-electron chi connectivity index (χ3n) is 5.37. The molecule has 0 radical (unpaired) electrons. The van der Waals surface area contributed by atoms with E-state index in [2.05, 4.69) is 36.6 Å². The Balaban J connectivity index is 1.49. The van der Waals surface area contributed by atoms with Crippen molar-refractivity contribution in [2.45, 2.75) is 32.5 Å². The molecule has 0 fully saturated rings. The number of hydrogen-bond donors (Lipinski definition) is 2. The van der Waals surface area contributed by atoms with E-state index in [1.165, 1.54) is 11.1 Å². The molecule has 4 rings (SSSR count). The molecule has 1 aliphatic heterocycles. The van der Waals surface area contributed by atoms with Gasteiger partial charge in [-0.05, 0) is 48.2 Å². The number of carbonyl (C=O) groups excluding carboxylic acids is 1. The largest absolute Gasteiger partial charge is 0.454 e. The van der Waals surface area contributed by atoms with Crippen molar-refractivity contribution in [3.05, 3.63) is 95.1 Å². The monoisotopic (exact) mass is 402 g/mol. The van der Waals surface area contributed by atoms with Crippen LogP contribution in [-0.2, 0) is 11.3 Å². The molecule has 5 nitrogen and oxygen atoms in total. The summed E-state index contributed by atoms with van der Waals surface area (Å²) in [5, 5.41) is 6.57. The fraction of sp³-hybridized carbons (Fsp3) is 0.240. The Morgan fingerprint density at radius 2 is 1.70 bits per heavy atom. The Labute approximate surface area is 177 Å². The highest BCUT2D eigenvalue weighted by atomic mass is 16.7. The van der Waals surface area contributed by atoms with Gasteiger partial charge in [0, 0.05) is 12.6 Å². The second kappa shape index (κ2) is 9.01. The van der Waals surface area contributed by atoms with Crippen molar-refractivity contribution in [3.8, 4) is 11.5 Å². The molecule has 0 aromatic heterocycles. The zero-order chi connectivity index (χ0) is 20.9. The van der Waals surface area contributed by atoms with E-state index in [4.69, 9.17) is 9.47 Å². The fourth-order valence-electron chi connectivity index (χ4n) is 3.72. The minimum absolute atomic E-state index is 0.0210. The maximum Gasteiger partial charge on any atom is 0.242 e. The molecule has 0 saturated carbocycles. The minimum atomic E-state index is -0.463. The maximum absolute atomic E-state index is 13.2. The first kappa shape index (κ1) is 20.0. The molecule has 2 unspecified atom stereocenters. The summed E-state index contributed by atoms with van der Waals surface area (Å²) in [6.45, 7) is 4.83. The summed E-state index contributed by atoms with van der Waals surface area (Å²) in [5.41, 5.74) is 4.28. The Hall–Kier alpha value is -3.31. The average molecular weight is 402 g/mol. The fourth-order valence-corrected chi connectivity index (χ4v) is 3.72. The second-order valence-corrected chi connectivity index (χ2v) is 7.49. The molecule has 1 aliphatic rings. The Bertz CT molecular complexity index is 1020. The van der Waals surface area contributed by atoms with Crippen LogP contribution in [0.3, 0.4) is 0 Å². The number of rotatable bonds is 7. The van der Waals surface area contributed by atoms with Crippen molar-refractivity contribution in [3.63, 3.8) is 0 Å². The number of aryl methyl sites for hydroxylation is 1. The van der Waals surface area contributed by atoms with Crippen LogP contribution in [0.2, 0.25) is 0 Å². The zero-order valence-electron chi connectivity index (χ0n) is 17.2. The summed E-state index contributed by atoms with van der Waals surface area (Å²) < 4.78 is 10.8. The lowest BCUT2D eigenvalue weighted by Crippen LogP contribution is -2.38. The Morgan fingerprint density at radius 1 is 0.967 bits per heavy atom. The van der Waals surface area contributed by atoms with Gasteiger partial charge >= 0.3 is 0 Å². The molecule has 2 N–H and O–H groups in total. The van der Waals surface area contributed by atoms with E-state index in [-0.39, 0.29) is 18.7 Å². The van der Waals surface area contributed by atoms with E-state index in [0.29, 0.717) is 12.3 Å². The molecule has 1 amide bonds. The van der Waals surface area contributed by atoms with Gasteiger partial charge in [-0.15, -0.1) is 0 Å². The number of hydrogen-bond acceptors (Lipinski definition) is 4. The summed E-state index contributed by atoms with van der Waals surface area (Å²) in [4.78, 5) is 13.2. The SMILES string of the molecule is Cc1ccccc1C(C)NC(C(=O)NCc1ccc2c(c1)OCO2)c1ccccc1. The van der Waals surface area contributed by atoms with E-state index >= 15 is 0 Å². The third kappa shape index (κ3) is 4.47. The predicted octanol–water partition coefficient (Wildman–Crippen LogP) is 4.43. The van der Waals surface area contributed by atoms with E-state index < -0.39 is 6.04 Å². The summed E-state index contributed by atoms with van der Waals surface area (Å²) in [6, 6.07) is 23.3. The molecule has 1 heterocycles. The quantitative estimate of drug-likeness (QED) is 0.614. The lowest BCUT2D eigenvalue weighted by atomic mass is 9.99. The van der Waals surface area contributed by atoms with Crippen molar-refractivity contribution < 1.29 is 14.3 Å². The van der Waals surface area contributed by atoms with Crippen molar-refractivity contribution in [2.75, 3.05) is 6.79 Å². The summed E-state index contributed by atoms with van der Waals surface area (Å²) in [5.74, 6) is 1.38. The first-order valence-corrected chi connectivity index (χ1v) is 10.1. The number of ether oxygens (including phenoxy) is 2. The third-order valence-corrected chi connectivity index (χ3v) is 5.37. The molecule has 0 aliphatic carbocycles. The van der Waals surface area contributed by atoms with Gasteiger partial charge in [-0.3, -0.25) is 10.1 Å². The molecule has 0 saturated heterocycles. The van der Waals surface area contributed by atoms with Crippen molar-refractivity contribution >= 4 is 5.91 Å². The lowest BCUT2D eigenvalue weighted by molar-refractivity contribution is -0.123. The van der Waals surface area contributed by atoms with Gasteiger partial charge in [-0.25, -0.2) is 0 Å². The maximum atomic E-state index is 13.2. The predicted molar refractivity (Wildman–Crippen MR) is 116 cm³/mol. The normalized spacial score (nSPS) is 14.2. The van der Waals surface area contributed by atoms with E-state index in [9.17, 15) is 4.79 Å². The van der Waals surface area contributed by atoms with Gasteiger partial charge in [-0.2, -0.15) is 0 Å². The number of amides is 1. The van der Waals surface area contributed by atoms with Gasteiger partial charge in [0.25, 0.3) is 0 Å². The average Bonchev–Trinajstić information content (AvgIpc) is 3.24. The van der Waals surface area contributed by atoms with Crippen molar-refractivity contribution in [1.29, 1.82) is 0 Å². The van der Waals surface area contributed by atoms with Crippen LogP contribution in [0.15, 0.2) is 72.8 Å². The minimum Gasteiger partial charge on any atom is -0.454 e. The topological polar surface area (TPSA) is 59.6 Å². The molecule has 0 spiro atoms. The lowest BCUT2D eigenvalue weighted by Gasteiger charge is -2.24. The van der Waals surface area contributed by atoms with Gasteiger partial charge in [0.05, 0.1) is 0 Å². The highest BCUT2D eigenvalue weighted by molar-refractivity contribution is 5.83. The van der Waals surface area contributed by atoms with E-state index in [0.717, 1.165) is 16.9 Å². The molecule has 2 atom stereocenters. The van der Waals surface area contributed by atoms with Gasteiger partial charge in [0.1, 0.15) is 6.04 Å². The highest BCUT2D eigenvalue weighted by Crippen LogP contribution is 2.32. The highest BCUT2D eigenvalue weighted by Gasteiger charge is 2.23. The molecule has 30 heavy (non-hydrogen) atoms. The standard InChI is InChI=1S/C25H26N2O3/c1-17-8-6-7-11-21(17)18(2)27-24(20-9-4-3-5-10-20)25(28)26-15-19-12-13-22-23(14-19)30-16-29-22/h3-14,18,24,27H,15-16H2,1-2H3,(H,26,28). The molecular formula is C25H26N2O3. The second-order valence-electron chi connectivity index (χ2n) is 7.49. The van der Waals surface area contributed by atoms with Gasteiger partial charge in [-0.1, -0.05) is 60.7 Å². The van der Waals surface area contributed by atoms with E-state index in [1.54, 1.807) is 0 Å². The molecule has 0 bridgehead atoms. The molecule has 3 aromatic carbocycles. The van der Waals surface area contributed by atoms with Crippen LogP contribution in [0.5, 0.6) is 11.5 Å². The van der Waals surface area contributed by atoms with Crippen LogP contribution >= 0.6 is 0 Å². The van der Waals surface area contributed by atoms with Crippen LogP contribution in [-0.4, -0.2) is 12.7 Å². The van der Waals surface area contributed by atoms with Crippen LogP contribution < -0.4 is 20.1 Å². The summed E-state index contributed by atoms with van der Waals surface area (Å²) >= 11 is 0. The Morgan fingerprint density at radius 3 is 2.50 bits per heavy atom.